The van der Waals surface area contributed by atoms with E-state index in [2.05, 4.69) is 25.7 Å². The van der Waals surface area contributed by atoms with Gasteiger partial charge in [0.25, 0.3) is 0 Å². The number of piperazine rings is 1. The molecule has 1 N–H and O–H groups in total. The standard InChI is InChI=1S/C14H28N2O2/c1-14(2,3)6-4-5-13(18)16-9-7-15(8-10-16)11-12-17/h17H,4-12H2,1-3H3. The molecule has 106 valence electrons. The van der Waals surface area contributed by atoms with Gasteiger partial charge >= 0.3 is 0 Å². The third kappa shape index (κ3) is 5.83. The normalized spacial score (nSPS) is 18.1. The minimum Gasteiger partial charge on any atom is -0.395 e. The van der Waals surface area contributed by atoms with Gasteiger partial charge < -0.3 is 10.0 Å². The van der Waals surface area contributed by atoms with Gasteiger partial charge in [-0.15, -0.1) is 0 Å². The number of aliphatic hydroxyl groups is 1. The van der Waals surface area contributed by atoms with E-state index in [0.29, 0.717) is 17.7 Å². The van der Waals surface area contributed by atoms with Gasteiger partial charge in [0.15, 0.2) is 0 Å². The molecule has 0 bridgehead atoms. The van der Waals surface area contributed by atoms with Crippen LogP contribution < -0.4 is 0 Å². The molecule has 0 saturated carbocycles. The minimum absolute atomic E-state index is 0.208. The minimum atomic E-state index is 0.208. The van der Waals surface area contributed by atoms with Crippen LogP contribution >= 0.6 is 0 Å². The first kappa shape index (κ1) is 15.4. The van der Waals surface area contributed by atoms with Gasteiger partial charge in [-0.2, -0.15) is 0 Å². The fourth-order valence-electron chi connectivity index (χ4n) is 2.29. The summed E-state index contributed by atoms with van der Waals surface area (Å²) >= 11 is 0. The van der Waals surface area contributed by atoms with Gasteiger partial charge in [0.2, 0.25) is 5.91 Å². The van der Waals surface area contributed by atoms with Crippen molar-refractivity contribution in [3.63, 3.8) is 0 Å². The Labute approximate surface area is 111 Å². The van der Waals surface area contributed by atoms with Crippen LogP contribution in [0.2, 0.25) is 0 Å². The molecule has 0 aromatic rings. The van der Waals surface area contributed by atoms with Crippen molar-refractivity contribution in [1.82, 2.24) is 9.80 Å². The van der Waals surface area contributed by atoms with Gasteiger partial charge in [-0.1, -0.05) is 20.8 Å². The second-order valence-electron chi connectivity index (χ2n) is 6.36. The summed E-state index contributed by atoms with van der Waals surface area (Å²) in [5.74, 6) is 0.294. The van der Waals surface area contributed by atoms with Gasteiger partial charge in [-0.3, -0.25) is 9.69 Å². The largest absolute Gasteiger partial charge is 0.395 e. The van der Waals surface area contributed by atoms with Crippen LogP contribution in [0.5, 0.6) is 0 Å². The van der Waals surface area contributed by atoms with Crippen molar-refractivity contribution in [2.45, 2.75) is 40.0 Å². The average molecular weight is 256 g/mol. The molecule has 1 fully saturated rings. The maximum absolute atomic E-state index is 12.0. The Morgan fingerprint density at radius 1 is 1.17 bits per heavy atom. The summed E-state index contributed by atoms with van der Waals surface area (Å²) in [5, 5.41) is 8.86. The number of hydrogen-bond donors (Lipinski definition) is 1. The van der Waals surface area contributed by atoms with Crippen molar-refractivity contribution >= 4 is 5.91 Å². The smallest absolute Gasteiger partial charge is 0.222 e. The number of β-amino-alcohol motifs (C(OH)–C–C–N with tert-alkyl or cyclic N) is 1. The Morgan fingerprint density at radius 3 is 2.28 bits per heavy atom. The Hall–Kier alpha value is -0.610. The van der Waals surface area contributed by atoms with Crippen LogP contribution in [-0.2, 0) is 4.79 Å². The fraction of sp³-hybridized carbons (Fsp3) is 0.929. The van der Waals surface area contributed by atoms with Gasteiger partial charge in [-0.05, 0) is 18.3 Å². The van der Waals surface area contributed by atoms with E-state index < -0.39 is 0 Å². The van der Waals surface area contributed by atoms with E-state index in [9.17, 15) is 4.79 Å². The Morgan fingerprint density at radius 2 is 1.78 bits per heavy atom. The number of carbonyl (C=O) groups excluding carboxylic acids is 1. The molecule has 18 heavy (non-hydrogen) atoms. The average Bonchev–Trinajstić information content (AvgIpc) is 2.28. The first-order valence-electron chi connectivity index (χ1n) is 7.03. The lowest BCUT2D eigenvalue weighted by atomic mass is 9.90. The number of nitrogens with zero attached hydrogens (tertiary/aromatic N) is 2. The van der Waals surface area contributed by atoms with E-state index in [1.165, 1.54) is 0 Å². The second kappa shape index (κ2) is 7.10. The van der Waals surface area contributed by atoms with Gasteiger partial charge in [0.05, 0.1) is 6.61 Å². The summed E-state index contributed by atoms with van der Waals surface area (Å²) in [6.45, 7) is 11.0. The van der Waals surface area contributed by atoms with Crippen molar-refractivity contribution in [2.24, 2.45) is 5.41 Å². The predicted molar refractivity (Wildman–Crippen MR) is 73.4 cm³/mol. The van der Waals surface area contributed by atoms with E-state index in [0.717, 1.165) is 45.6 Å². The first-order valence-corrected chi connectivity index (χ1v) is 7.03. The highest BCUT2D eigenvalue weighted by molar-refractivity contribution is 5.76. The Balaban J connectivity index is 2.20. The number of hydrogen-bond acceptors (Lipinski definition) is 3. The SMILES string of the molecule is CC(C)(C)CCCC(=O)N1CCN(CCO)CC1. The molecule has 1 amide bonds. The first-order chi connectivity index (χ1) is 8.42. The zero-order valence-electron chi connectivity index (χ0n) is 12.1. The van der Waals surface area contributed by atoms with Crippen LogP contribution in [-0.4, -0.2) is 60.1 Å². The molecule has 4 heteroatoms. The zero-order valence-corrected chi connectivity index (χ0v) is 12.1. The molecule has 1 saturated heterocycles. The summed E-state index contributed by atoms with van der Waals surface area (Å²) in [5.41, 5.74) is 0.320. The maximum atomic E-state index is 12.0. The molecule has 0 atom stereocenters. The molecule has 4 nitrogen and oxygen atoms in total. The molecule has 1 rings (SSSR count). The number of amides is 1. The topological polar surface area (TPSA) is 43.8 Å². The van der Waals surface area contributed by atoms with E-state index >= 15 is 0 Å². The third-order valence-electron chi connectivity index (χ3n) is 3.46. The molecule has 1 aliphatic rings. The Kier molecular flexibility index (Phi) is 6.09. The molecule has 0 aromatic heterocycles. The zero-order chi connectivity index (χ0) is 13.6. The summed E-state index contributed by atoms with van der Waals surface area (Å²) < 4.78 is 0. The van der Waals surface area contributed by atoms with Crippen LogP contribution in [0, 0.1) is 5.41 Å². The second-order valence-corrected chi connectivity index (χ2v) is 6.36. The quantitative estimate of drug-likeness (QED) is 0.807. The van der Waals surface area contributed by atoms with Crippen molar-refractivity contribution in [3.8, 4) is 0 Å². The van der Waals surface area contributed by atoms with Crippen molar-refractivity contribution in [2.75, 3.05) is 39.3 Å². The molecule has 1 heterocycles. The number of rotatable bonds is 5. The molecule has 0 aliphatic carbocycles. The monoisotopic (exact) mass is 256 g/mol. The summed E-state index contributed by atoms with van der Waals surface area (Å²) in [6.07, 6.45) is 2.76. The molecular formula is C14H28N2O2. The summed E-state index contributed by atoms with van der Waals surface area (Å²) in [7, 11) is 0. The van der Waals surface area contributed by atoms with Crippen molar-refractivity contribution < 1.29 is 9.90 Å². The maximum Gasteiger partial charge on any atom is 0.222 e. The van der Waals surface area contributed by atoms with Crippen LogP contribution in [0.15, 0.2) is 0 Å². The molecular weight excluding hydrogens is 228 g/mol. The molecule has 0 aromatic carbocycles. The van der Waals surface area contributed by atoms with E-state index in [-0.39, 0.29) is 6.61 Å². The van der Waals surface area contributed by atoms with Crippen LogP contribution in [0.3, 0.4) is 0 Å². The fourth-order valence-corrected chi connectivity index (χ4v) is 2.29. The predicted octanol–water partition coefficient (Wildman–Crippen LogP) is 1.34. The van der Waals surface area contributed by atoms with Crippen LogP contribution in [0.4, 0.5) is 0 Å². The summed E-state index contributed by atoms with van der Waals surface area (Å²) in [6, 6.07) is 0. The lowest BCUT2D eigenvalue weighted by Gasteiger charge is -2.34. The summed E-state index contributed by atoms with van der Waals surface area (Å²) in [4.78, 5) is 16.2. The highest BCUT2D eigenvalue weighted by atomic mass is 16.3. The Bertz CT molecular complexity index is 253. The molecule has 0 spiro atoms. The van der Waals surface area contributed by atoms with Crippen LogP contribution in [0.1, 0.15) is 40.0 Å². The molecule has 1 aliphatic heterocycles. The third-order valence-corrected chi connectivity index (χ3v) is 3.46. The number of carbonyl (C=O) groups is 1. The lowest BCUT2D eigenvalue weighted by molar-refractivity contribution is -0.133. The van der Waals surface area contributed by atoms with Crippen LogP contribution in [0.25, 0.3) is 0 Å². The number of aliphatic hydroxyl groups excluding tert-OH is 1. The van der Waals surface area contributed by atoms with E-state index in [4.69, 9.17) is 5.11 Å². The van der Waals surface area contributed by atoms with Gasteiger partial charge in [0.1, 0.15) is 0 Å². The van der Waals surface area contributed by atoms with Gasteiger partial charge in [-0.25, -0.2) is 0 Å². The van der Waals surface area contributed by atoms with E-state index in [1.54, 1.807) is 0 Å². The van der Waals surface area contributed by atoms with Crippen molar-refractivity contribution in [1.29, 1.82) is 0 Å². The lowest BCUT2D eigenvalue weighted by Crippen LogP contribution is -2.49. The van der Waals surface area contributed by atoms with Gasteiger partial charge in [0, 0.05) is 39.1 Å². The van der Waals surface area contributed by atoms with Crippen molar-refractivity contribution in [3.05, 3.63) is 0 Å². The van der Waals surface area contributed by atoms with E-state index in [1.807, 2.05) is 4.90 Å². The molecule has 0 unspecified atom stereocenters. The highest BCUT2D eigenvalue weighted by Crippen LogP contribution is 2.21. The molecule has 0 radical (unpaired) electrons. The highest BCUT2D eigenvalue weighted by Gasteiger charge is 2.20.